The van der Waals surface area contributed by atoms with Crippen LogP contribution in [-0.4, -0.2) is 44.6 Å². The normalized spacial score (nSPS) is 14.3. The molecule has 0 fully saturated rings. The van der Waals surface area contributed by atoms with Crippen molar-refractivity contribution in [2.24, 2.45) is 0 Å². The largest absolute Gasteiger partial charge is 0.493 e. The summed E-state index contributed by atoms with van der Waals surface area (Å²) < 4.78 is 16.3. The predicted molar refractivity (Wildman–Crippen MR) is 140 cm³/mol. The lowest BCUT2D eigenvalue weighted by Gasteiger charge is -2.33. The number of amides is 3. The second-order valence-electron chi connectivity index (χ2n) is 8.52. The van der Waals surface area contributed by atoms with Crippen molar-refractivity contribution in [1.29, 1.82) is 0 Å². The Morgan fingerprint density at radius 2 is 1.62 bits per heavy atom. The van der Waals surface area contributed by atoms with E-state index >= 15 is 0 Å². The van der Waals surface area contributed by atoms with Crippen molar-refractivity contribution in [2.75, 3.05) is 36.3 Å². The van der Waals surface area contributed by atoms with Gasteiger partial charge in [0, 0.05) is 17.8 Å². The number of nitrogens with zero attached hydrogens (tertiary/aromatic N) is 1. The summed E-state index contributed by atoms with van der Waals surface area (Å²) in [5, 5.41) is 5.65. The molecular formula is C28H29N3O6. The monoisotopic (exact) mass is 503 g/mol. The smallest absolute Gasteiger partial charge is 0.268 e. The Labute approximate surface area is 215 Å². The first-order valence-electron chi connectivity index (χ1n) is 11.9. The van der Waals surface area contributed by atoms with Crippen LogP contribution in [0.5, 0.6) is 17.2 Å². The molecule has 0 bridgehead atoms. The van der Waals surface area contributed by atoms with Crippen molar-refractivity contribution in [3.8, 4) is 17.2 Å². The fourth-order valence-corrected chi connectivity index (χ4v) is 4.03. The maximum Gasteiger partial charge on any atom is 0.268 e. The van der Waals surface area contributed by atoms with Gasteiger partial charge in [-0.25, -0.2) is 0 Å². The molecule has 3 aromatic rings. The molecular weight excluding hydrogens is 474 g/mol. The molecule has 4 rings (SSSR count). The number of ether oxygens (including phenoxy) is 3. The molecule has 1 heterocycles. The highest BCUT2D eigenvalue weighted by Crippen LogP contribution is 2.36. The van der Waals surface area contributed by atoms with E-state index in [1.165, 1.54) is 4.90 Å². The van der Waals surface area contributed by atoms with Gasteiger partial charge in [0.05, 0.1) is 19.9 Å². The molecule has 1 aliphatic heterocycles. The van der Waals surface area contributed by atoms with Gasteiger partial charge in [-0.3, -0.25) is 19.3 Å². The SMILES string of the molecule is COc1ccc(CCC(=O)Nc2ccc3c(c2)N(CC(=O)Nc2ccccc2)C(=O)C(C)O3)cc1OC. The molecule has 0 saturated heterocycles. The van der Waals surface area contributed by atoms with Gasteiger partial charge in [0.1, 0.15) is 12.3 Å². The van der Waals surface area contributed by atoms with E-state index in [-0.39, 0.29) is 30.7 Å². The molecule has 37 heavy (non-hydrogen) atoms. The molecule has 1 atom stereocenters. The molecule has 0 saturated carbocycles. The first-order chi connectivity index (χ1) is 17.9. The van der Waals surface area contributed by atoms with E-state index < -0.39 is 6.10 Å². The fraction of sp³-hybridized carbons (Fsp3) is 0.250. The van der Waals surface area contributed by atoms with Crippen LogP contribution in [0.1, 0.15) is 18.9 Å². The van der Waals surface area contributed by atoms with Crippen LogP contribution in [0.2, 0.25) is 0 Å². The first kappa shape index (κ1) is 25.6. The molecule has 0 radical (unpaired) electrons. The number of nitrogens with one attached hydrogen (secondary N) is 2. The van der Waals surface area contributed by atoms with Crippen LogP contribution in [0.3, 0.4) is 0 Å². The Bertz CT molecular complexity index is 1290. The van der Waals surface area contributed by atoms with Gasteiger partial charge < -0.3 is 24.8 Å². The van der Waals surface area contributed by atoms with Gasteiger partial charge in [0.15, 0.2) is 17.6 Å². The number of anilines is 3. The number of carbonyl (C=O) groups is 3. The Kier molecular flexibility index (Phi) is 7.92. The summed E-state index contributed by atoms with van der Waals surface area (Å²) in [4.78, 5) is 39.6. The van der Waals surface area contributed by atoms with Gasteiger partial charge in [-0.1, -0.05) is 24.3 Å². The average molecular weight is 504 g/mol. The topological polar surface area (TPSA) is 106 Å². The summed E-state index contributed by atoms with van der Waals surface area (Å²) in [5.41, 5.74) is 2.48. The third-order valence-electron chi connectivity index (χ3n) is 5.90. The third kappa shape index (κ3) is 6.19. The third-order valence-corrected chi connectivity index (χ3v) is 5.90. The molecule has 3 amide bonds. The number of benzene rings is 3. The summed E-state index contributed by atoms with van der Waals surface area (Å²) in [7, 11) is 3.13. The van der Waals surface area contributed by atoms with E-state index in [2.05, 4.69) is 10.6 Å². The van der Waals surface area contributed by atoms with E-state index in [4.69, 9.17) is 14.2 Å². The molecule has 1 unspecified atom stereocenters. The molecule has 9 nitrogen and oxygen atoms in total. The summed E-state index contributed by atoms with van der Waals surface area (Å²) in [5.74, 6) is 0.808. The zero-order chi connectivity index (χ0) is 26.4. The lowest BCUT2D eigenvalue weighted by Crippen LogP contribution is -2.47. The molecule has 9 heteroatoms. The Morgan fingerprint density at radius 3 is 2.35 bits per heavy atom. The highest BCUT2D eigenvalue weighted by atomic mass is 16.5. The van der Waals surface area contributed by atoms with E-state index in [0.717, 1.165) is 5.56 Å². The molecule has 0 aliphatic carbocycles. The predicted octanol–water partition coefficient (Wildman–Crippen LogP) is 4.03. The van der Waals surface area contributed by atoms with Crippen LogP contribution in [0.4, 0.5) is 17.1 Å². The second-order valence-corrected chi connectivity index (χ2v) is 8.52. The number of methoxy groups -OCH3 is 2. The molecule has 3 aromatic carbocycles. The number of fused-ring (bicyclic) bond motifs is 1. The van der Waals surface area contributed by atoms with Crippen LogP contribution < -0.4 is 29.7 Å². The van der Waals surface area contributed by atoms with E-state index in [9.17, 15) is 14.4 Å². The van der Waals surface area contributed by atoms with Crippen LogP contribution in [0.15, 0.2) is 66.7 Å². The number of para-hydroxylation sites is 1. The highest BCUT2D eigenvalue weighted by molar-refractivity contribution is 6.06. The number of rotatable bonds is 9. The van der Waals surface area contributed by atoms with E-state index in [1.54, 1.807) is 57.5 Å². The zero-order valence-electron chi connectivity index (χ0n) is 20.9. The van der Waals surface area contributed by atoms with Gasteiger partial charge in [0.2, 0.25) is 11.8 Å². The van der Waals surface area contributed by atoms with Crippen molar-refractivity contribution in [3.05, 3.63) is 72.3 Å². The van der Waals surface area contributed by atoms with Crippen LogP contribution in [0.25, 0.3) is 0 Å². The fourth-order valence-electron chi connectivity index (χ4n) is 4.03. The Hall–Kier alpha value is -4.53. The number of aryl methyl sites for hydroxylation is 1. The summed E-state index contributed by atoms with van der Waals surface area (Å²) in [6.07, 6.45) is 0.00325. The molecule has 0 aromatic heterocycles. The minimum absolute atomic E-state index is 0.189. The van der Waals surface area contributed by atoms with Crippen LogP contribution in [-0.2, 0) is 20.8 Å². The van der Waals surface area contributed by atoms with E-state index in [1.807, 2.05) is 30.3 Å². The highest BCUT2D eigenvalue weighted by Gasteiger charge is 2.33. The number of hydrogen-bond acceptors (Lipinski definition) is 6. The minimum atomic E-state index is -0.737. The lowest BCUT2D eigenvalue weighted by atomic mass is 10.1. The maximum absolute atomic E-state index is 12.9. The van der Waals surface area contributed by atoms with Crippen LogP contribution in [0, 0.1) is 0 Å². The maximum atomic E-state index is 12.9. The number of hydrogen-bond donors (Lipinski definition) is 2. The number of carbonyl (C=O) groups excluding carboxylic acids is 3. The quantitative estimate of drug-likeness (QED) is 0.457. The molecule has 0 spiro atoms. The zero-order valence-corrected chi connectivity index (χ0v) is 20.9. The first-order valence-corrected chi connectivity index (χ1v) is 11.9. The summed E-state index contributed by atoms with van der Waals surface area (Å²) in [6.45, 7) is 1.45. The molecule has 2 N–H and O–H groups in total. The summed E-state index contributed by atoms with van der Waals surface area (Å²) in [6, 6.07) is 19.6. The van der Waals surface area contributed by atoms with Crippen molar-refractivity contribution < 1.29 is 28.6 Å². The second kappa shape index (κ2) is 11.5. The van der Waals surface area contributed by atoms with Gasteiger partial charge in [-0.05, 0) is 61.4 Å². The molecule has 1 aliphatic rings. The summed E-state index contributed by atoms with van der Waals surface area (Å²) >= 11 is 0. The van der Waals surface area contributed by atoms with Gasteiger partial charge in [-0.15, -0.1) is 0 Å². The standard InChI is InChI=1S/C28H29N3O6/c1-18-28(34)31(17-27(33)29-20-7-5-4-6-8-20)22-16-21(11-13-23(22)37-18)30-26(32)14-10-19-9-12-24(35-2)25(15-19)36-3/h4-9,11-13,15-16,18H,10,14,17H2,1-3H3,(H,29,33)(H,30,32). The van der Waals surface area contributed by atoms with Crippen LogP contribution >= 0.6 is 0 Å². The van der Waals surface area contributed by atoms with Crippen molar-refractivity contribution in [2.45, 2.75) is 25.9 Å². The van der Waals surface area contributed by atoms with Crippen molar-refractivity contribution in [3.63, 3.8) is 0 Å². The molecule has 192 valence electrons. The Balaban J connectivity index is 1.44. The van der Waals surface area contributed by atoms with Gasteiger partial charge in [0.25, 0.3) is 5.91 Å². The minimum Gasteiger partial charge on any atom is -0.493 e. The lowest BCUT2D eigenvalue weighted by molar-refractivity contribution is -0.127. The van der Waals surface area contributed by atoms with Crippen molar-refractivity contribution >= 4 is 34.8 Å². The van der Waals surface area contributed by atoms with Gasteiger partial charge >= 0.3 is 0 Å². The average Bonchev–Trinajstić information content (AvgIpc) is 2.90. The van der Waals surface area contributed by atoms with E-state index in [0.29, 0.717) is 40.7 Å². The van der Waals surface area contributed by atoms with Crippen molar-refractivity contribution in [1.82, 2.24) is 0 Å². The van der Waals surface area contributed by atoms with Gasteiger partial charge in [-0.2, -0.15) is 0 Å². The Morgan fingerprint density at radius 1 is 0.892 bits per heavy atom.